The molecule has 1 aliphatic heterocycles. The highest BCUT2D eigenvalue weighted by Crippen LogP contribution is 2.17. The number of halogens is 1. The van der Waals surface area contributed by atoms with Gasteiger partial charge < -0.3 is 9.47 Å². The molecule has 1 fully saturated rings. The van der Waals surface area contributed by atoms with Crippen molar-refractivity contribution in [1.82, 2.24) is 24.5 Å². The first-order valence-corrected chi connectivity index (χ1v) is 6.79. The molecule has 106 valence electrons. The summed E-state index contributed by atoms with van der Waals surface area (Å²) in [6, 6.07) is 0.236. The molecule has 1 aliphatic rings. The molecule has 2 aromatic rings. The number of hydrogen-bond donors (Lipinski definition) is 0. The smallest absolute Gasteiger partial charge is 0.322 e. The van der Waals surface area contributed by atoms with Crippen molar-refractivity contribution in [2.75, 3.05) is 19.8 Å². The third-order valence-corrected chi connectivity index (χ3v) is 3.27. The molecular weight excluding hydrogens is 282 g/mol. The Morgan fingerprint density at radius 2 is 2.15 bits per heavy atom. The van der Waals surface area contributed by atoms with Crippen molar-refractivity contribution in [2.45, 2.75) is 12.8 Å². The lowest BCUT2D eigenvalue weighted by Gasteiger charge is -2.21. The molecule has 0 bridgehead atoms. The zero-order chi connectivity index (χ0) is 13.8. The monoisotopic (exact) mass is 295 g/mol. The summed E-state index contributed by atoms with van der Waals surface area (Å²) in [5.74, 6) is 0.862. The van der Waals surface area contributed by atoms with Crippen LogP contribution in [0.15, 0.2) is 18.7 Å². The van der Waals surface area contributed by atoms with Gasteiger partial charge in [-0.2, -0.15) is 15.0 Å². The van der Waals surface area contributed by atoms with Crippen LogP contribution in [0.5, 0.6) is 6.01 Å². The predicted octanol–water partition coefficient (Wildman–Crippen LogP) is 1.52. The van der Waals surface area contributed by atoms with E-state index in [9.17, 15) is 0 Å². The van der Waals surface area contributed by atoms with Crippen LogP contribution in [-0.4, -0.2) is 44.3 Å². The van der Waals surface area contributed by atoms with E-state index in [0.717, 1.165) is 26.1 Å². The van der Waals surface area contributed by atoms with Crippen LogP contribution in [-0.2, 0) is 4.74 Å². The van der Waals surface area contributed by atoms with E-state index in [1.165, 1.54) is 0 Å². The number of nitrogens with zero attached hydrogens (tertiary/aromatic N) is 5. The van der Waals surface area contributed by atoms with Crippen LogP contribution in [0.4, 0.5) is 0 Å². The molecule has 3 rings (SSSR count). The van der Waals surface area contributed by atoms with E-state index >= 15 is 0 Å². The summed E-state index contributed by atoms with van der Waals surface area (Å²) in [7, 11) is 0. The van der Waals surface area contributed by atoms with E-state index in [2.05, 4.69) is 19.9 Å². The molecule has 0 radical (unpaired) electrons. The zero-order valence-corrected chi connectivity index (χ0v) is 11.5. The minimum absolute atomic E-state index is 0.102. The Balaban J connectivity index is 1.69. The quantitative estimate of drug-likeness (QED) is 0.851. The van der Waals surface area contributed by atoms with Crippen molar-refractivity contribution >= 4 is 11.6 Å². The Hall–Kier alpha value is -1.73. The maximum absolute atomic E-state index is 5.89. The van der Waals surface area contributed by atoms with Crippen LogP contribution in [0.2, 0.25) is 5.28 Å². The van der Waals surface area contributed by atoms with Gasteiger partial charge in [0.2, 0.25) is 11.2 Å². The lowest BCUT2D eigenvalue weighted by atomic mass is 10.0. The van der Waals surface area contributed by atoms with Crippen LogP contribution in [0.25, 0.3) is 5.95 Å². The second-order valence-corrected chi connectivity index (χ2v) is 4.86. The van der Waals surface area contributed by atoms with Gasteiger partial charge in [-0.1, -0.05) is 0 Å². The van der Waals surface area contributed by atoms with Crippen LogP contribution in [0, 0.1) is 5.92 Å². The van der Waals surface area contributed by atoms with Gasteiger partial charge in [-0.25, -0.2) is 4.98 Å². The van der Waals surface area contributed by atoms with E-state index < -0.39 is 0 Å². The highest BCUT2D eigenvalue weighted by Gasteiger charge is 2.16. The number of ether oxygens (including phenoxy) is 2. The maximum Gasteiger partial charge on any atom is 0.322 e. The van der Waals surface area contributed by atoms with Gasteiger partial charge in [-0.15, -0.1) is 0 Å². The summed E-state index contributed by atoms with van der Waals surface area (Å²) in [5, 5.41) is 0.102. The standard InChI is InChI=1S/C12H14ClN5O2/c13-10-15-11(18-4-3-14-8-18)17-12(16-10)20-7-9-1-5-19-6-2-9/h3-4,8-9H,1-2,5-7H2. The lowest BCUT2D eigenvalue weighted by molar-refractivity contribution is 0.0482. The third kappa shape index (κ3) is 3.23. The summed E-state index contributed by atoms with van der Waals surface area (Å²) in [6.45, 7) is 2.13. The average molecular weight is 296 g/mol. The topological polar surface area (TPSA) is 75.0 Å². The summed E-state index contributed by atoms with van der Waals surface area (Å²) < 4.78 is 12.6. The van der Waals surface area contributed by atoms with E-state index in [0.29, 0.717) is 18.5 Å². The van der Waals surface area contributed by atoms with E-state index in [1.54, 1.807) is 23.3 Å². The SMILES string of the molecule is Clc1nc(OCC2CCOCC2)nc(-n2ccnc2)n1. The normalized spacial score (nSPS) is 16.2. The maximum atomic E-state index is 5.89. The zero-order valence-electron chi connectivity index (χ0n) is 10.8. The van der Waals surface area contributed by atoms with Gasteiger partial charge in [-0.05, 0) is 30.4 Å². The largest absolute Gasteiger partial charge is 0.463 e. The first-order valence-electron chi connectivity index (χ1n) is 6.42. The Kier molecular flexibility index (Phi) is 4.08. The molecule has 1 saturated heterocycles. The molecule has 20 heavy (non-hydrogen) atoms. The molecule has 0 unspecified atom stereocenters. The molecule has 0 atom stereocenters. The molecule has 0 aliphatic carbocycles. The predicted molar refractivity (Wildman–Crippen MR) is 71.0 cm³/mol. The summed E-state index contributed by atoms with van der Waals surface area (Å²) in [4.78, 5) is 16.2. The first-order chi connectivity index (χ1) is 9.81. The number of imidazole rings is 1. The molecule has 3 heterocycles. The second-order valence-electron chi connectivity index (χ2n) is 4.52. The fourth-order valence-electron chi connectivity index (χ4n) is 1.98. The van der Waals surface area contributed by atoms with Crippen molar-refractivity contribution in [3.05, 3.63) is 24.0 Å². The van der Waals surface area contributed by atoms with Gasteiger partial charge in [0.1, 0.15) is 6.33 Å². The first kappa shape index (κ1) is 13.3. The van der Waals surface area contributed by atoms with Gasteiger partial charge in [-0.3, -0.25) is 4.57 Å². The van der Waals surface area contributed by atoms with E-state index in [4.69, 9.17) is 21.1 Å². The molecule has 2 aromatic heterocycles. The van der Waals surface area contributed by atoms with Gasteiger partial charge in [0.15, 0.2) is 0 Å². The number of aromatic nitrogens is 5. The summed E-state index contributed by atoms with van der Waals surface area (Å²) >= 11 is 5.89. The summed E-state index contributed by atoms with van der Waals surface area (Å²) in [6.07, 6.45) is 6.95. The van der Waals surface area contributed by atoms with Gasteiger partial charge in [0, 0.05) is 25.6 Å². The minimum Gasteiger partial charge on any atom is -0.463 e. The van der Waals surface area contributed by atoms with Crippen LogP contribution >= 0.6 is 11.6 Å². The molecule has 0 saturated carbocycles. The highest BCUT2D eigenvalue weighted by atomic mass is 35.5. The van der Waals surface area contributed by atoms with Gasteiger partial charge in [0.05, 0.1) is 6.61 Å². The Bertz CT molecular complexity index is 557. The minimum atomic E-state index is 0.102. The van der Waals surface area contributed by atoms with Crippen molar-refractivity contribution in [2.24, 2.45) is 5.92 Å². The molecule has 0 amide bonds. The second kappa shape index (κ2) is 6.15. The van der Waals surface area contributed by atoms with Crippen molar-refractivity contribution in [3.8, 4) is 12.0 Å². The van der Waals surface area contributed by atoms with Crippen molar-refractivity contribution in [1.29, 1.82) is 0 Å². The van der Waals surface area contributed by atoms with Crippen LogP contribution in [0.1, 0.15) is 12.8 Å². The van der Waals surface area contributed by atoms with E-state index in [1.807, 2.05) is 0 Å². The van der Waals surface area contributed by atoms with Gasteiger partial charge in [0.25, 0.3) is 0 Å². The summed E-state index contributed by atoms with van der Waals surface area (Å²) in [5.41, 5.74) is 0. The molecule has 8 heteroatoms. The molecule has 0 aromatic carbocycles. The molecule has 7 nitrogen and oxygen atoms in total. The van der Waals surface area contributed by atoms with Crippen molar-refractivity contribution < 1.29 is 9.47 Å². The number of hydrogen-bond acceptors (Lipinski definition) is 6. The Morgan fingerprint density at radius 3 is 2.90 bits per heavy atom. The van der Waals surface area contributed by atoms with Crippen LogP contribution in [0.3, 0.4) is 0 Å². The van der Waals surface area contributed by atoms with Crippen LogP contribution < -0.4 is 4.74 Å². The lowest BCUT2D eigenvalue weighted by Crippen LogP contribution is -2.22. The number of rotatable bonds is 4. The molecule has 0 N–H and O–H groups in total. The fraction of sp³-hybridized carbons (Fsp3) is 0.500. The highest BCUT2D eigenvalue weighted by molar-refractivity contribution is 6.28. The van der Waals surface area contributed by atoms with Gasteiger partial charge >= 0.3 is 6.01 Å². The molecule has 0 spiro atoms. The Labute approximate surface area is 121 Å². The average Bonchev–Trinajstić information content (AvgIpc) is 3.00. The molecular formula is C12H14ClN5O2. The van der Waals surface area contributed by atoms with Crippen molar-refractivity contribution in [3.63, 3.8) is 0 Å². The third-order valence-electron chi connectivity index (χ3n) is 3.10. The Morgan fingerprint density at radius 1 is 1.30 bits per heavy atom. The fourth-order valence-corrected chi connectivity index (χ4v) is 2.13. The van der Waals surface area contributed by atoms with E-state index in [-0.39, 0.29) is 11.3 Å².